The molecule has 0 aromatic carbocycles. The summed E-state index contributed by atoms with van der Waals surface area (Å²) in [4.78, 5) is 31.9. The van der Waals surface area contributed by atoms with E-state index in [4.69, 9.17) is 0 Å². The number of hydrogen-bond donors (Lipinski definition) is 2. The third kappa shape index (κ3) is 3.82. The first-order chi connectivity index (χ1) is 9.58. The van der Waals surface area contributed by atoms with Gasteiger partial charge in [-0.25, -0.2) is 4.98 Å². The van der Waals surface area contributed by atoms with Gasteiger partial charge in [0.1, 0.15) is 11.6 Å². The van der Waals surface area contributed by atoms with Gasteiger partial charge in [0.25, 0.3) is 5.56 Å². The number of aromatic nitrogens is 2. The number of amides is 1. The molecule has 6 nitrogen and oxygen atoms in total. The second-order valence-corrected chi connectivity index (χ2v) is 5.27. The minimum atomic E-state index is -0.0905. The molecular formula is C14H22N4O2. The molecule has 0 radical (unpaired) electrons. The van der Waals surface area contributed by atoms with Gasteiger partial charge >= 0.3 is 0 Å². The molecule has 1 saturated heterocycles. The molecule has 0 aliphatic carbocycles. The topological polar surface area (TPSA) is 78.1 Å². The van der Waals surface area contributed by atoms with Gasteiger partial charge in [-0.15, -0.1) is 0 Å². The predicted molar refractivity (Wildman–Crippen MR) is 77.9 cm³/mol. The van der Waals surface area contributed by atoms with Crippen LogP contribution < -0.4 is 15.8 Å². The van der Waals surface area contributed by atoms with E-state index in [0.29, 0.717) is 5.92 Å². The first-order valence-corrected chi connectivity index (χ1v) is 7.18. The number of nitrogens with one attached hydrogen (secondary N) is 2. The van der Waals surface area contributed by atoms with Crippen molar-refractivity contribution < 1.29 is 4.79 Å². The summed E-state index contributed by atoms with van der Waals surface area (Å²) in [7, 11) is 0. The van der Waals surface area contributed by atoms with Crippen molar-refractivity contribution in [3.8, 4) is 0 Å². The Morgan fingerprint density at radius 2 is 2.20 bits per heavy atom. The van der Waals surface area contributed by atoms with Crippen LogP contribution in [0.4, 0.5) is 5.82 Å². The molecule has 0 atom stereocenters. The van der Waals surface area contributed by atoms with E-state index >= 15 is 0 Å². The number of aryl methyl sites for hydroxylation is 1. The van der Waals surface area contributed by atoms with Gasteiger partial charge < -0.3 is 15.2 Å². The van der Waals surface area contributed by atoms with Crippen LogP contribution in [-0.2, 0) is 11.2 Å². The van der Waals surface area contributed by atoms with Crippen LogP contribution in [0.2, 0.25) is 0 Å². The van der Waals surface area contributed by atoms with Gasteiger partial charge in [0, 0.05) is 39.0 Å². The fraction of sp³-hybridized carbons (Fsp3) is 0.643. The molecule has 1 fully saturated rings. The summed E-state index contributed by atoms with van der Waals surface area (Å²) in [5.41, 5.74) is -0.0905. The molecule has 2 N–H and O–H groups in total. The number of piperidine rings is 1. The first-order valence-electron chi connectivity index (χ1n) is 7.18. The number of H-pyrrole nitrogens is 1. The molecule has 0 spiro atoms. The van der Waals surface area contributed by atoms with Crippen molar-refractivity contribution in [3.05, 3.63) is 22.2 Å². The lowest BCUT2D eigenvalue weighted by atomic mass is 9.97. The second-order valence-electron chi connectivity index (χ2n) is 5.27. The number of rotatable bonds is 4. The lowest BCUT2D eigenvalue weighted by Crippen LogP contribution is -2.39. The van der Waals surface area contributed by atoms with Crippen molar-refractivity contribution in [1.82, 2.24) is 15.3 Å². The molecule has 110 valence electrons. The van der Waals surface area contributed by atoms with Crippen LogP contribution in [0, 0.1) is 5.92 Å². The minimum Gasteiger partial charge on any atom is -0.356 e. The third-order valence-electron chi connectivity index (χ3n) is 3.69. The lowest BCUT2D eigenvalue weighted by Gasteiger charge is -2.32. The van der Waals surface area contributed by atoms with Crippen molar-refractivity contribution in [2.75, 3.05) is 24.5 Å². The first kappa shape index (κ1) is 14.6. The van der Waals surface area contributed by atoms with Crippen molar-refractivity contribution >= 4 is 11.7 Å². The quantitative estimate of drug-likeness (QED) is 0.849. The highest BCUT2D eigenvalue weighted by Crippen LogP contribution is 2.20. The normalized spacial score (nSPS) is 16.2. The molecule has 0 unspecified atom stereocenters. The number of hydrogen-bond acceptors (Lipinski definition) is 4. The third-order valence-corrected chi connectivity index (χ3v) is 3.69. The molecule has 0 saturated carbocycles. The van der Waals surface area contributed by atoms with E-state index in [1.807, 2.05) is 6.92 Å². The van der Waals surface area contributed by atoms with Gasteiger partial charge in [0.2, 0.25) is 5.91 Å². The van der Waals surface area contributed by atoms with Crippen molar-refractivity contribution in [2.24, 2.45) is 5.92 Å². The van der Waals surface area contributed by atoms with Crippen LogP contribution >= 0.6 is 0 Å². The van der Waals surface area contributed by atoms with Crippen LogP contribution in [0.15, 0.2) is 10.9 Å². The summed E-state index contributed by atoms with van der Waals surface area (Å²) in [6.45, 7) is 6.02. The highest BCUT2D eigenvalue weighted by Gasteiger charge is 2.20. The lowest BCUT2D eigenvalue weighted by molar-refractivity contribution is -0.119. The van der Waals surface area contributed by atoms with E-state index in [2.05, 4.69) is 20.2 Å². The van der Waals surface area contributed by atoms with Crippen molar-refractivity contribution in [1.29, 1.82) is 0 Å². The molecule has 1 aromatic rings. The predicted octanol–water partition coefficient (Wildman–Crippen LogP) is 0.685. The van der Waals surface area contributed by atoms with Crippen molar-refractivity contribution in [2.45, 2.75) is 33.1 Å². The summed E-state index contributed by atoms with van der Waals surface area (Å²) in [6, 6.07) is 1.56. The van der Waals surface area contributed by atoms with Crippen LogP contribution in [0.1, 0.15) is 32.5 Å². The summed E-state index contributed by atoms with van der Waals surface area (Å²) in [5.74, 6) is 2.04. The van der Waals surface area contributed by atoms with Crippen LogP contribution in [0.3, 0.4) is 0 Å². The number of nitrogens with zero attached hydrogens (tertiary/aromatic N) is 2. The standard InChI is InChI=1S/C14H22N4O2/c1-3-12-16-13(8-14(20)17-12)18-6-4-11(5-7-18)9-15-10(2)19/h8,11H,3-7,9H2,1-2H3,(H,15,19)(H,16,17,20). The maximum Gasteiger partial charge on any atom is 0.252 e. The van der Waals surface area contributed by atoms with Gasteiger partial charge in [-0.2, -0.15) is 0 Å². The average molecular weight is 278 g/mol. The van der Waals surface area contributed by atoms with Gasteiger partial charge in [-0.05, 0) is 18.8 Å². The van der Waals surface area contributed by atoms with Crippen LogP contribution in [0.25, 0.3) is 0 Å². The number of carbonyl (C=O) groups excluding carboxylic acids is 1. The molecule has 2 rings (SSSR count). The number of aromatic amines is 1. The smallest absolute Gasteiger partial charge is 0.252 e. The van der Waals surface area contributed by atoms with Gasteiger partial charge in [-0.1, -0.05) is 6.92 Å². The second kappa shape index (κ2) is 6.54. The molecule has 1 amide bonds. The highest BCUT2D eigenvalue weighted by molar-refractivity contribution is 5.72. The Kier molecular flexibility index (Phi) is 4.76. The van der Waals surface area contributed by atoms with E-state index in [9.17, 15) is 9.59 Å². The van der Waals surface area contributed by atoms with Gasteiger partial charge in [-0.3, -0.25) is 9.59 Å². The Morgan fingerprint density at radius 3 is 2.80 bits per heavy atom. The minimum absolute atomic E-state index is 0.0243. The summed E-state index contributed by atoms with van der Waals surface area (Å²) < 4.78 is 0. The van der Waals surface area contributed by atoms with Crippen molar-refractivity contribution in [3.63, 3.8) is 0 Å². The molecule has 2 heterocycles. The molecule has 6 heteroatoms. The average Bonchev–Trinajstić information content (AvgIpc) is 2.45. The zero-order valence-corrected chi connectivity index (χ0v) is 12.1. The summed E-state index contributed by atoms with van der Waals surface area (Å²) >= 11 is 0. The molecule has 20 heavy (non-hydrogen) atoms. The monoisotopic (exact) mass is 278 g/mol. The highest BCUT2D eigenvalue weighted by atomic mass is 16.1. The molecule has 0 bridgehead atoms. The summed E-state index contributed by atoms with van der Waals surface area (Å²) in [5, 5.41) is 2.87. The van der Waals surface area contributed by atoms with Crippen LogP contribution in [0.5, 0.6) is 0 Å². The summed E-state index contributed by atoms with van der Waals surface area (Å²) in [6.07, 6.45) is 2.74. The Morgan fingerprint density at radius 1 is 1.50 bits per heavy atom. The molecule has 1 aromatic heterocycles. The molecular weight excluding hydrogens is 256 g/mol. The Bertz CT molecular complexity index is 518. The van der Waals surface area contributed by atoms with E-state index in [1.165, 1.54) is 0 Å². The molecule has 1 aliphatic rings. The van der Waals surface area contributed by atoms with Crippen LogP contribution in [-0.4, -0.2) is 35.5 Å². The fourth-order valence-corrected chi connectivity index (χ4v) is 2.48. The van der Waals surface area contributed by atoms with Gasteiger partial charge in [0.05, 0.1) is 0 Å². The maximum absolute atomic E-state index is 11.6. The van der Waals surface area contributed by atoms with E-state index < -0.39 is 0 Å². The number of anilines is 1. The Hall–Kier alpha value is -1.85. The zero-order chi connectivity index (χ0) is 14.5. The fourth-order valence-electron chi connectivity index (χ4n) is 2.48. The Balaban J connectivity index is 1.95. The SMILES string of the molecule is CCc1nc(N2CCC(CNC(C)=O)CC2)cc(=O)[nH]1. The number of carbonyl (C=O) groups is 1. The zero-order valence-electron chi connectivity index (χ0n) is 12.1. The maximum atomic E-state index is 11.6. The van der Waals surface area contributed by atoms with E-state index in [-0.39, 0.29) is 11.5 Å². The van der Waals surface area contributed by atoms with E-state index in [1.54, 1.807) is 13.0 Å². The Labute approximate surface area is 118 Å². The van der Waals surface area contributed by atoms with Gasteiger partial charge in [0.15, 0.2) is 0 Å². The molecule has 1 aliphatic heterocycles. The van der Waals surface area contributed by atoms with E-state index in [0.717, 1.165) is 50.5 Å². The largest absolute Gasteiger partial charge is 0.356 e.